The Morgan fingerprint density at radius 2 is 1.81 bits per heavy atom. The molecule has 26 heavy (non-hydrogen) atoms. The Kier molecular flexibility index (Phi) is 4.79. The maximum absolute atomic E-state index is 12.2. The van der Waals surface area contributed by atoms with Crippen molar-refractivity contribution in [2.24, 2.45) is 0 Å². The molecular formula is C19H20N4O3. The van der Waals surface area contributed by atoms with Gasteiger partial charge in [-0.2, -0.15) is 4.98 Å². The highest BCUT2D eigenvalue weighted by Gasteiger charge is 2.18. The van der Waals surface area contributed by atoms with E-state index >= 15 is 0 Å². The van der Waals surface area contributed by atoms with Gasteiger partial charge in [-0.1, -0.05) is 38.1 Å². The number of ether oxygens (including phenoxy) is 1. The lowest BCUT2D eigenvalue weighted by molar-refractivity contribution is 0.0463. The number of rotatable bonds is 5. The van der Waals surface area contributed by atoms with Crippen LogP contribution >= 0.6 is 0 Å². The molecule has 0 aliphatic heterocycles. The highest BCUT2D eigenvalue weighted by molar-refractivity contribution is 5.98. The fraction of sp³-hybridized carbons (Fsp3) is 0.316. The average Bonchev–Trinajstić information content (AvgIpc) is 3.04. The molecular weight excluding hydrogens is 332 g/mol. The van der Waals surface area contributed by atoms with E-state index in [4.69, 9.17) is 4.74 Å². The summed E-state index contributed by atoms with van der Waals surface area (Å²) in [4.78, 5) is 32.6. The zero-order valence-corrected chi connectivity index (χ0v) is 15.2. The molecule has 0 saturated heterocycles. The van der Waals surface area contributed by atoms with Gasteiger partial charge in [-0.3, -0.25) is 4.79 Å². The number of nitrogens with zero attached hydrogens (tertiary/aromatic N) is 4. The van der Waals surface area contributed by atoms with Crippen LogP contribution in [0.2, 0.25) is 0 Å². The first-order valence-corrected chi connectivity index (χ1v) is 8.36. The number of esters is 1. The van der Waals surface area contributed by atoms with E-state index in [0.717, 1.165) is 17.0 Å². The van der Waals surface area contributed by atoms with E-state index in [-0.39, 0.29) is 18.2 Å². The smallest absolute Gasteiger partial charge is 0.378 e. The first-order valence-electron chi connectivity index (χ1n) is 8.36. The number of carbonyl (C=O) groups excluding carboxylic acids is 2. The zero-order valence-electron chi connectivity index (χ0n) is 15.2. The Bertz CT molecular complexity index is 974. The summed E-state index contributed by atoms with van der Waals surface area (Å²) in [7, 11) is 0. The predicted molar refractivity (Wildman–Crippen MR) is 95.4 cm³/mol. The Labute approximate surface area is 151 Å². The molecule has 7 heteroatoms. The molecule has 2 aromatic heterocycles. The van der Waals surface area contributed by atoms with E-state index in [0.29, 0.717) is 17.3 Å². The lowest BCUT2D eigenvalue weighted by Crippen LogP contribution is -2.15. The van der Waals surface area contributed by atoms with E-state index in [1.807, 2.05) is 32.0 Å². The summed E-state index contributed by atoms with van der Waals surface area (Å²) in [6, 6.07) is 9.12. The second-order valence-electron chi connectivity index (χ2n) is 6.46. The second-order valence-corrected chi connectivity index (χ2v) is 6.46. The summed E-state index contributed by atoms with van der Waals surface area (Å²) in [5, 5.41) is 4.09. The molecule has 0 bridgehead atoms. The zero-order chi connectivity index (χ0) is 18.8. The first-order chi connectivity index (χ1) is 12.3. The third kappa shape index (κ3) is 3.61. The fourth-order valence-corrected chi connectivity index (χ4v) is 2.59. The van der Waals surface area contributed by atoms with Crippen molar-refractivity contribution in [3.8, 4) is 0 Å². The number of benzene rings is 1. The lowest BCUT2D eigenvalue weighted by atomic mass is 10.0. The standard InChI is InChI=1S/C19H20N4O3/c1-11(2)14-5-7-15(8-6-14)16(24)10-26-18(25)17-21-19-20-12(3)9-13(4)23(19)22-17/h5-9,11H,10H2,1-4H3. The molecule has 0 atom stereocenters. The number of hydrogen-bond acceptors (Lipinski definition) is 6. The minimum absolute atomic E-state index is 0.117. The van der Waals surface area contributed by atoms with Crippen LogP contribution < -0.4 is 0 Å². The monoisotopic (exact) mass is 352 g/mol. The normalized spacial score (nSPS) is 11.1. The SMILES string of the molecule is Cc1cc(C)n2nc(C(=O)OCC(=O)c3ccc(C(C)C)cc3)nc2n1. The predicted octanol–water partition coefficient (Wildman–Crippen LogP) is 2.90. The highest BCUT2D eigenvalue weighted by atomic mass is 16.5. The van der Waals surface area contributed by atoms with Crippen LogP contribution in [0.5, 0.6) is 0 Å². The van der Waals surface area contributed by atoms with Gasteiger partial charge in [0.15, 0.2) is 12.4 Å². The average molecular weight is 352 g/mol. The van der Waals surface area contributed by atoms with Gasteiger partial charge in [0.2, 0.25) is 0 Å². The third-order valence-corrected chi connectivity index (χ3v) is 4.03. The maximum atomic E-state index is 12.2. The summed E-state index contributed by atoms with van der Waals surface area (Å²) >= 11 is 0. The molecule has 1 aromatic carbocycles. The molecule has 134 valence electrons. The van der Waals surface area contributed by atoms with Gasteiger partial charge in [-0.15, -0.1) is 5.10 Å². The second kappa shape index (κ2) is 7.03. The Morgan fingerprint density at radius 3 is 2.46 bits per heavy atom. The van der Waals surface area contributed by atoms with Crippen molar-refractivity contribution in [3.05, 3.63) is 58.7 Å². The van der Waals surface area contributed by atoms with Gasteiger partial charge < -0.3 is 4.74 Å². The quantitative estimate of drug-likeness (QED) is 0.518. The van der Waals surface area contributed by atoms with E-state index in [1.165, 1.54) is 4.52 Å². The van der Waals surface area contributed by atoms with Gasteiger partial charge >= 0.3 is 5.97 Å². The Hall–Kier alpha value is -3.09. The molecule has 0 aliphatic rings. The minimum atomic E-state index is -0.750. The summed E-state index contributed by atoms with van der Waals surface area (Å²) < 4.78 is 6.54. The van der Waals surface area contributed by atoms with E-state index in [9.17, 15) is 9.59 Å². The van der Waals surface area contributed by atoms with Crippen molar-refractivity contribution in [3.63, 3.8) is 0 Å². The van der Waals surface area contributed by atoms with Gasteiger partial charge in [0.1, 0.15) is 0 Å². The van der Waals surface area contributed by atoms with Crippen LogP contribution in [-0.2, 0) is 4.74 Å². The minimum Gasteiger partial charge on any atom is -0.451 e. The van der Waals surface area contributed by atoms with Gasteiger partial charge in [0, 0.05) is 17.0 Å². The molecule has 0 spiro atoms. The first kappa shape index (κ1) is 17.7. The van der Waals surface area contributed by atoms with E-state index in [1.54, 1.807) is 12.1 Å². The lowest BCUT2D eigenvalue weighted by Gasteiger charge is -2.06. The van der Waals surface area contributed by atoms with Crippen LogP contribution in [0.25, 0.3) is 5.78 Å². The number of ketones is 1. The van der Waals surface area contributed by atoms with Crippen molar-refractivity contribution in [1.82, 2.24) is 19.6 Å². The highest BCUT2D eigenvalue weighted by Crippen LogP contribution is 2.15. The largest absolute Gasteiger partial charge is 0.451 e. The summed E-state index contributed by atoms with van der Waals surface area (Å²) in [6.07, 6.45) is 0. The summed E-state index contributed by atoms with van der Waals surface area (Å²) in [6.45, 7) is 7.48. The molecule has 0 N–H and O–H groups in total. The van der Waals surface area contributed by atoms with Crippen LogP contribution in [0.4, 0.5) is 0 Å². The Morgan fingerprint density at radius 1 is 1.12 bits per heavy atom. The third-order valence-electron chi connectivity index (χ3n) is 4.03. The number of aryl methyl sites for hydroxylation is 2. The van der Waals surface area contributed by atoms with E-state index in [2.05, 4.69) is 28.9 Å². The topological polar surface area (TPSA) is 86.5 Å². The molecule has 0 fully saturated rings. The number of Topliss-reactive ketones (excluding diaryl/α,β-unsaturated/α-hetero) is 1. The van der Waals surface area contributed by atoms with Crippen molar-refractivity contribution >= 4 is 17.5 Å². The molecule has 0 amide bonds. The van der Waals surface area contributed by atoms with Crippen LogP contribution in [0.1, 0.15) is 57.7 Å². The van der Waals surface area contributed by atoms with Crippen molar-refractivity contribution < 1.29 is 14.3 Å². The van der Waals surface area contributed by atoms with Crippen LogP contribution in [0, 0.1) is 13.8 Å². The van der Waals surface area contributed by atoms with Crippen molar-refractivity contribution in [1.29, 1.82) is 0 Å². The van der Waals surface area contributed by atoms with E-state index < -0.39 is 5.97 Å². The van der Waals surface area contributed by atoms with Crippen molar-refractivity contribution in [2.75, 3.05) is 6.61 Å². The van der Waals surface area contributed by atoms with Crippen LogP contribution in [0.3, 0.4) is 0 Å². The molecule has 3 rings (SSSR count). The molecule has 3 aromatic rings. The number of carbonyl (C=O) groups is 2. The van der Waals surface area contributed by atoms with Crippen LogP contribution in [-0.4, -0.2) is 37.9 Å². The van der Waals surface area contributed by atoms with Crippen LogP contribution in [0.15, 0.2) is 30.3 Å². The van der Waals surface area contributed by atoms with Gasteiger partial charge in [0.25, 0.3) is 11.6 Å². The van der Waals surface area contributed by atoms with Gasteiger partial charge in [-0.05, 0) is 31.4 Å². The van der Waals surface area contributed by atoms with Crippen molar-refractivity contribution in [2.45, 2.75) is 33.6 Å². The molecule has 2 heterocycles. The fourth-order valence-electron chi connectivity index (χ4n) is 2.59. The molecule has 0 saturated carbocycles. The number of aromatic nitrogens is 4. The summed E-state index contributed by atoms with van der Waals surface area (Å²) in [5.74, 6) is -0.430. The molecule has 7 nitrogen and oxygen atoms in total. The Balaban J connectivity index is 1.68. The maximum Gasteiger partial charge on any atom is 0.378 e. The number of hydrogen-bond donors (Lipinski definition) is 0. The molecule has 0 unspecified atom stereocenters. The summed E-state index contributed by atoms with van der Waals surface area (Å²) in [5.41, 5.74) is 3.23. The van der Waals surface area contributed by atoms with Gasteiger partial charge in [0.05, 0.1) is 0 Å². The number of fused-ring (bicyclic) bond motifs is 1. The van der Waals surface area contributed by atoms with Gasteiger partial charge in [-0.25, -0.2) is 14.3 Å². The molecule has 0 aliphatic carbocycles. The molecule has 0 radical (unpaired) electrons.